The van der Waals surface area contributed by atoms with Crippen LogP contribution < -0.4 is 5.73 Å². The van der Waals surface area contributed by atoms with Crippen molar-refractivity contribution in [2.45, 2.75) is 38.7 Å². The zero-order valence-electron chi connectivity index (χ0n) is 9.27. The van der Waals surface area contributed by atoms with E-state index in [1.165, 1.54) is 11.3 Å². The molecule has 15 heavy (non-hydrogen) atoms. The third-order valence-corrected chi connectivity index (χ3v) is 3.71. The molecule has 3 nitrogen and oxygen atoms in total. The minimum absolute atomic E-state index is 0.381. The van der Waals surface area contributed by atoms with Gasteiger partial charge in [0.05, 0.1) is 11.8 Å². The minimum atomic E-state index is 0.381. The highest BCUT2D eigenvalue weighted by Crippen LogP contribution is 2.33. The van der Waals surface area contributed by atoms with E-state index in [-0.39, 0.29) is 0 Å². The molecule has 1 fully saturated rings. The van der Waals surface area contributed by atoms with Crippen LogP contribution in [0.15, 0.2) is 5.38 Å². The zero-order valence-corrected chi connectivity index (χ0v) is 10.1. The second-order valence-corrected chi connectivity index (χ2v) is 5.37. The first-order valence-electron chi connectivity index (χ1n) is 5.49. The Balaban J connectivity index is 2.04. The number of hydrogen-bond donors (Lipinski definition) is 1. The van der Waals surface area contributed by atoms with Gasteiger partial charge in [0.25, 0.3) is 0 Å². The van der Waals surface area contributed by atoms with Gasteiger partial charge in [0.1, 0.15) is 0 Å². The average Bonchev–Trinajstić information content (AvgIpc) is 2.65. The van der Waals surface area contributed by atoms with Crippen LogP contribution in [0.1, 0.15) is 38.3 Å². The van der Waals surface area contributed by atoms with E-state index in [4.69, 9.17) is 10.5 Å². The maximum absolute atomic E-state index is 5.74. The normalized spacial score (nSPS) is 27.1. The molecular formula is C11H18N2OS. The summed E-state index contributed by atoms with van der Waals surface area (Å²) in [6.45, 7) is 5.27. The van der Waals surface area contributed by atoms with E-state index in [1.807, 2.05) is 0 Å². The molecule has 1 aliphatic heterocycles. The highest BCUT2D eigenvalue weighted by molar-refractivity contribution is 7.13. The number of nitrogens with zero attached hydrogens (tertiary/aromatic N) is 1. The van der Waals surface area contributed by atoms with Gasteiger partial charge in [-0.3, -0.25) is 0 Å². The lowest BCUT2D eigenvalue weighted by Crippen LogP contribution is -2.28. The summed E-state index contributed by atoms with van der Waals surface area (Å²) in [4.78, 5) is 4.37. The highest BCUT2D eigenvalue weighted by Gasteiger charge is 2.27. The number of aromatic nitrogens is 1. The minimum Gasteiger partial charge on any atom is -0.378 e. The summed E-state index contributed by atoms with van der Waals surface area (Å²) in [6, 6.07) is 0. The van der Waals surface area contributed by atoms with Crippen LogP contribution in [-0.4, -0.2) is 17.7 Å². The zero-order chi connectivity index (χ0) is 10.8. The van der Waals surface area contributed by atoms with Gasteiger partial charge in [-0.25, -0.2) is 4.98 Å². The number of anilines is 1. The smallest absolute Gasteiger partial charge is 0.180 e. The Morgan fingerprint density at radius 3 is 3.00 bits per heavy atom. The first kappa shape index (κ1) is 10.9. The fourth-order valence-electron chi connectivity index (χ4n) is 2.05. The Kier molecular flexibility index (Phi) is 3.26. The van der Waals surface area contributed by atoms with Crippen LogP contribution in [0.25, 0.3) is 0 Å². The lowest BCUT2D eigenvalue weighted by molar-refractivity contribution is -0.0206. The van der Waals surface area contributed by atoms with E-state index in [2.05, 4.69) is 24.2 Å². The van der Waals surface area contributed by atoms with E-state index >= 15 is 0 Å². The SMILES string of the molecule is CC(C)[C@@H]1C[C@H](c2csc(N)n2)CCO1. The highest BCUT2D eigenvalue weighted by atomic mass is 32.1. The fourth-order valence-corrected chi connectivity index (χ4v) is 2.69. The van der Waals surface area contributed by atoms with Crippen molar-refractivity contribution in [1.29, 1.82) is 0 Å². The second kappa shape index (κ2) is 4.49. The number of rotatable bonds is 2. The van der Waals surface area contributed by atoms with Crippen LogP contribution in [-0.2, 0) is 4.74 Å². The van der Waals surface area contributed by atoms with Gasteiger partial charge in [-0.15, -0.1) is 11.3 Å². The maximum atomic E-state index is 5.74. The van der Waals surface area contributed by atoms with Gasteiger partial charge in [-0.1, -0.05) is 13.8 Å². The molecule has 0 aliphatic carbocycles. The molecule has 0 saturated carbocycles. The number of thiazole rings is 1. The molecule has 2 rings (SSSR count). The molecule has 0 aromatic carbocycles. The predicted molar refractivity (Wildman–Crippen MR) is 63.1 cm³/mol. The van der Waals surface area contributed by atoms with Crippen molar-refractivity contribution in [2.75, 3.05) is 12.3 Å². The molecular weight excluding hydrogens is 208 g/mol. The van der Waals surface area contributed by atoms with Gasteiger partial charge in [0, 0.05) is 17.9 Å². The lowest BCUT2D eigenvalue weighted by Gasteiger charge is -2.31. The standard InChI is InChI=1S/C11H18N2OS/c1-7(2)10-5-8(3-4-14-10)9-6-15-11(12)13-9/h6-8,10H,3-5H2,1-2H3,(H2,12,13)/t8-,10+/m1/s1. The van der Waals surface area contributed by atoms with Crippen LogP contribution in [0.2, 0.25) is 0 Å². The Labute approximate surface area is 94.7 Å². The average molecular weight is 226 g/mol. The third-order valence-electron chi connectivity index (χ3n) is 3.02. The Morgan fingerprint density at radius 2 is 2.40 bits per heavy atom. The fraction of sp³-hybridized carbons (Fsp3) is 0.727. The summed E-state index contributed by atoms with van der Waals surface area (Å²) >= 11 is 1.53. The molecule has 1 aromatic rings. The van der Waals surface area contributed by atoms with Gasteiger partial charge in [-0.05, 0) is 18.8 Å². The van der Waals surface area contributed by atoms with E-state index in [1.54, 1.807) is 0 Å². The number of hydrogen-bond acceptors (Lipinski definition) is 4. The van der Waals surface area contributed by atoms with Crippen molar-refractivity contribution in [3.8, 4) is 0 Å². The summed E-state index contributed by atoms with van der Waals surface area (Å²) < 4.78 is 5.74. The molecule has 2 heterocycles. The Bertz CT molecular complexity index is 324. The van der Waals surface area contributed by atoms with Crippen LogP contribution >= 0.6 is 11.3 Å². The molecule has 0 radical (unpaired) electrons. The topological polar surface area (TPSA) is 48.1 Å². The first-order valence-corrected chi connectivity index (χ1v) is 6.37. The summed E-state index contributed by atoms with van der Waals surface area (Å²) in [7, 11) is 0. The second-order valence-electron chi connectivity index (χ2n) is 4.49. The van der Waals surface area contributed by atoms with Crippen LogP contribution in [0.3, 0.4) is 0 Å². The first-order chi connectivity index (χ1) is 7.16. The van der Waals surface area contributed by atoms with Crippen molar-refractivity contribution < 1.29 is 4.74 Å². The van der Waals surface area contributed by atoms with Crippen molar-refractivity contribution in [3.05, 3.63) is 11.1 Å². The van der Waals surface area contributed by atoms with E-state index < -0.39 is 0 Å². The Morgan fingerprint density at radius 1 is 1.60 bits per heavy atom. The molecule has 84 valence electrons. The van der Waals surface area contributed by atoms with Gasteiger partial charge < -0.3 is 10.5 Å². The third kappa shape index (κ3) is 2.49. The lowest BCUT2D eigenvalue weighted by atomic mass is 9.88. The summed E-state index contributed by atoms with van der Waals surface area (Å²) in [5, 5.41) is 2.76. The molecule has 0 bridgehead atoms. The van der Waals surface area contributed by atoms with E-state index in [0.29, 0.717) is 23.1 Å². The van der Waals surface area contributed by atoms with Crippen molar-refractivity contribution in [3.63, 3.8) is 0 Å². The van der Waals surface area contributed by atoms with E-state index in [9.17, 15) is 0 Å². The molecule has 0 amide bonds. The van der Waals surface area contributed by atoms with Crippen LogP contribution in [0.4, 0.5) is 5.13 Å². The number of ether oxygens (including phenoxy) is 1. The molecule has 1 aromatic heterocycles. The maximum Gasteiger partial charge on any atom is 0.180 e. The molecule has 4 heteroatoms. The molecule has 2 atom stereocenters. The number of nitrogens with two attached hydrogens (primary N) is 1. The van der Waals surface area contributed by atoms with Crippen molar-refractivity contribution >= 4 is 16.5 Å². The Hall–Kier alpha value is -0.610. The van der Waals surface area contributed by atoms with Crippen LogP contribution in [0.5, 0.6) is 0 Å². The summed E-state index contributed by atoms with van der Waals surface area (Å²) in [5.41, 5.74) is 6.81. The molecule has 1 saturated heterocycles. The molecule has 0 unspecified atom stereocenters. The molecule has 2 N–H and O–H groups in total. The monoisotopic (exact) mass is 226 g/mol. The van der Waals surface area contributed by atoms with Crippen molar-refractivity contribution in [2.24, 2.45) is 5.92 Å². The summed E-state index contributed by atoms with van der Waals surface area (Å²) in [5.74, 6) is 1.13. The molecule has 1 aliphatic rings. The quantitative estimate of drug-likeness (QED) is 0.843. The van der Waals surface area contributed by atoms with Gasteiger partial charge >= 0.3 is 0 Å². The molecule has 0 spiro atoms. The summed E-state index contributed by atoms with van der Waals surface area (Å²) in [6.07, 6.45) is 2.54. The van der Waals surface area contributed by atoms with Gasteiger partial charge in [0.2, 0.25) is 0 Å². The van der Waals surface area contributed by atoms with Gasteiger partial charge in [0.15, 0.2) is 5.13 Å². The number of nitrogen functional groups attached to an aromatic ring is 1. The largest absolute Gasteiger partial charge is 0.378 e. The van der Waals surface area contributed by atoms with Crippen molar-refractivity contribution in [1.82, 2.24) is 4.98 Å². The van der Waals surface area contributed by atoms with Gasteiger partial charge in [-0.2, -0.15) is 0 Å². The predicted octanol–water partition coefficient (Wildman–Crippen LogP) is 2.64. The van der Waals surface area contributed by atoms with E-state index in [0.717, 1.165) is 25.1 Å². The van der Waals surface area contributed by atoms with Crippen LogP contribution in [0, 0.1) is 5.92 Å².